The maximum Gasteiger partial charge on any atom is 0.240 e. The van der Waals surface area contributed by atoms with E-state index in [2.05, 4.69) is 52.7 Å². The van der Waals surface area contributed by atoms with E-state index in [1.807, 2.05) is 30.0 Å². The zero-order chi connectivity index (χ0) is 29.8. The second-order valence-corrected chi connectivity index (χ2v) is 12.4. The Balaban J connectivity index is 1.24. The number of hydrogen-bond acceptors (Lipinski definition) is 6. The lowest BCUT2D eigenvalue weighted by molar-refractivity contribution is -0.140. The number of nitrogens with zero attached hydrogens (tertiary/aromatic N) is 5. The Morgan fingerprint density at radius 1 is 1.12 bits per heavy atom. The molecule has 1 fully saturated rings. The van der Waals surface area contributed by atoms with Crippen molar-refractivity contribution in [1.82, 2.24) is 34.9 Å². The minimum absolute atomic E-state index is 0.107. The highest BCUT2D eigenvalue weighted by Gasteiger charge is 2.37. The van der Waals surface area contributed by atoms with Crippen molar-refractivity contribution in [3.05, 3.63) is 53.1 Å². The summed E-state index contributed by atoms with van der Waals surface area (Å²) in [4.78, 5) is 28.8. The van der Waals surface area contributed by atoms with E-state index in [0.29, 0.717) is 30.9 Å². The van der Waals surface area contributed by atoms with Crippen molar-refractivity contribution in [2.75, 3.05) is 32.7 Å². The lowest BCUT2D eigenvalue weighted by Crippen LogP contribution is -2.59. The Bertz CT molecular complexity index is 1630. The van der Waals surface area contributed by atoms with E-state index in [-0.39, 0.29) is 23.2 Å². The molecule has 3 N–H and O–H groups in total. The van der Waals surface area contributed by atoms with Crippen LogP contribution < -0.4 is 0 Å². The molecule has 0 radical (unpaired) electrons. The fourth-order valence-electron chi connectivity index (χ4n) is 6.40. The molecule has 6 rings (SSSR count). The number of aromatic nitrogens is 4. The van der Waals surface area contributed by atoms with Gasteiger partial charge in [0, 0.05) is 50.1 Å². The van der Waals surface area contributed by atoms with Crippen LogP contribution >= 0.6 is 0 Å². The predicted octanol–water partition coefficient (Wildman–Crippen LogP) is 4.72. The molecule has 0 saturated carbocycles. The monoisotopic (exact) mass is 573 g/mol. The average Bonchev–Trinajstić information content (AvgIpc) is 3.60. The number of phenolic OH excluding ortho intramolecular Hbond substituents is 1. The molecule has 0 aliphatic carbocycles. The largest absolute Gasteiger partial charge is 0.505 e. The molecular formula is C32H40FN7O2. The SMILES string of the molecule is CCc1cc(O)c(F)cc1-c1ccc2c(-c3nc4c([nH]3)CN(CC)[C@H](C(=O)N3CCN(C(C)(C)C)CC3)C4)n[nH]c2c1. The van der Waals surface area contributed by atoms with Gasteiger partial charge in [0.05, 0.1) is 22.9 Å². The maximum absolute atomic E-state index is 14.2. The van der Waals surface area contributed by atoms with Gasteiger partial charge in [-0.05, 0) is 74.7 Å². The van der Waals surface area contributed by atoms with E-state index in [9.17, 15) is 14.3 Å². The molecule has 4 heterocycles. The van der Waals surface area contributed by atoms with Gasteiger partial charge in [0.2, 0.25) is 5.91 Å². The van der Waals surface area contributed by atoms with E-state index in [1.54, 1.807) is 0 Å². The van der Waals surface area contributed by atoms with Crippen molar-refractivity contribution in [3.63, 3.8) is 0 Å². The molecule has 10 heteroatoms. The number of carbonyl (C=O) groups excluding carboxylic acids is 1. The maximum atomic E-state index is 14.2. The summed E-state index contributed by atoms with van der Waals surface area (Å²) in [6, 6.07) is 8.52. The lowest BCUT2D eigenvalue weighted by Gasteiger charge is -2.44. The standard InChI is InChI=1S/C32H40FN7O2/c1-6-19-15-28(41)23(33)16-22(19)20-8-9-21-24(14-20)36-37-29(21)30-34-25-17-27(38(7-2)18-26(25)35-30)31(42)39-10-12-40(13-11-39)32(3,4)5/h8-9,14-16,27,41H,6-7,10-13,17-18H2,1-5H3,(H,34,35)(H,36,37)/t27-/m0/s1. The number of piperazine rings is 1. The topological polar surface area (TPSA) is 104 Å². The van der Waals surface area contributed by atoms with E-state index in [0.717, 1.165) is 71.7 Å². The summed E-state index contributed by atoms with van der Waals surface area (Å²) in [5, 5.41) is 18.4. The average molecular weight is 574 g/mol. The van der Waals surface area contributed by atoms with Crippen molar-refractivity contribution in [1.29, 1.82) is 0 Å². The van der Waals surface area contributed by atoms with Crippen LogP contribution in [0.25, 0.3) is 33.5 Å². The fourth-order valence-corrected chi connectivity index (χ4v) is 6.40. The van der Waals surface area contributed by atoms with Crippen molar-refractivity contribution in [3.8, 4) is 28.4 Å². The van der Waals surface area contributed by atoms with Crippen LogP contribution in [0.1, 0.15) is 51.6 Å². The number of aryl methyl sites for hydroxylation is 1. The van der Waals surface area contributed by atoms with Gasteiger partial charge in [0.1, 0.15) is 5.69 Å². The molecule has 0 bridgehead atoms. The van der Waals surface area contributed by atoms with Crippen molar-refractivity contribution >= 4 is 16.8 Å². The molecule has 42 heavy (non-hydrogen) atoms. The lowest BCUT2D eigenvalue weighted by atomic mass is 9.96. The predicted molar refractivity (Wildman–Crippen MR) is 162 cm³/mol. The number of H-pyrrole nitrogens is 2. The number of amides is 1. The number of rotatable bonds is 5. The van der Waals surface area contributed by atoms with Crippen LogP contribution in [-0.4, -0.2) is 90.2 Å². The van der Waals surface area contributed by atoms with Gasteiger partial charge >= 0.3 is 0 Å². The molecule has 2 aliphatic heterocycles. The minimum Gasteiger partial charge on any atom is -0.505 e. The summed E-state index contributed by atoms with van der Waals surface area (Å²) in [6.07, 6.45) is 1.23. The van der Waals surface area contributed by atoms with E-state index < -0.39 is 5.82 Å². The smallest absolute Gasteiger partial charge is 0.240 e. The Morgan fingerprint density at radius 3 is 2.57 bits per heavy atom. The molecule has 222 valence electrons. The number of nitrogens with one attached hydrogen (secondary N) is 2. The minimum atomic E-state index is -0.640. The van der Waals surface area contributed by atoms with Crippen LogP contribution in [0.3, 0.4) is 0 Å². The zero-order valence-corrected chi connectivity index (χ0v) is 25.1. The Hall–Kier alpha value is -3.76. The summed E-state index contributed by atoms with van der Waals surface area (Å²) >= 11 is 0. The van der Waals surface area contributed by atoms with Crippen molar-refractivity contribution in [2.45, 2.75) is 65.6 Å². The van der Waals surface area contributed by atoms with Gasteiger partial charge in [0.15, 0.2) is 17.4 Å². The third kappa shape index (κ3) is 5.07. The number of benzene rings is 2. The Labute approximate surface area is 245 Å². The molecule has 9 nitrogen and oxygen atoms in total. The first-order chi connectivity index (χ1) is 20.1. The molecule has 2 aliphatic rings. The molecular weight excluding hydrogens is 533 g/mol. The third-order valence-corrected chi connectivity index (χ3v) is 8.94. The van der Waals surface area contributed by atoms with Gasteiger partial charge in [-0.2, -0.15) is 5.10 Å². The summed E-state index contributed by atoms with van der Waals surface area (Å²) in [6.45, 7) is 15.4. The normalized spacial score (nSPS) is 18.5. The molecule has 4 aromatic rings. The molecule has 0 unspecified atom stereocenters. The van der Waals surface area contributed by atoms with Gasteiger partial charge in [-0.15, -0.1) is 0 Å². The van der Waals surface area contributed by atoms with Crippen LogP contribution in [0.4, 0.5) is 4.39 Å². The van der Waals surface area contributed by atoms with E-state index in [4.69, 9.17) is 4.98 Å². The molecule has 0 spiro atoms. The first-order valence-electron chi connectivity index (χ1n) is 14.9. The second-order valence-electron chi connectivity index (χ2n) is 12.4. The first kappa shape index (κ1) is 28.4. The van der Waals surface area contributed by atoms with Gasteiger partial charge in [-0.3, -0.25) is 19.7 Å². The number of hydrogen-bond donors (Lipinski definition) is 3. The summed E-state index contributed by atoms with van der Waals surface area (Å²) < 4.78 is 14.2. The number of fused-ring (bicyclic) bond motifs is 2. The van der Waals surface area contributed by atoms with Crippen molar-refractivity contribution in [2.24, 2.45) is 0 Å². The third-order valence-electron chi connectivity index (χ3n) is 8.94. The van der Waals surface area contributed by atoms with Crippen LogP contribution in [0, 0.1) is 5.82 Å². The number of halogens is 1. The first-order valence-corrected chi connectivity index (χ1v) is 14.9. The zero-order valence-electron chi connectivity index (χ0n) is 25.1. The van der Waals surface area contributed by atoms with Gasteiger partial charge in [-0.25, -0.2) is 9.37 Å². The Kier molecular flexibility index (Phi) is 7.31. The van der Waals surface area contributed by atoms with Gasteiger partial charge in [0.25, 0.3) is 0 Å². The summed E-state index contributed by atoms with van der Waals surface area (Å²) in [7, 11) is 0. The number of likely N-dealkylation sites (N-methyl/N-ethyl adjacent to an activating group) is 1. The van der Waals surface area contributed by atoms with Crippen LogP contribution in [0.2, 0.25) is 0 Å². The highest BCUT2D eigenvalue weighted by atomic mass is 19.1. The number of phenols is 1. The number of aromatic amines is 2. The summed E-state index contributed by atoms with van der Waals surface area (Å²) in [5.74, 6) is -0.114. The van der Waals surface area contributed by atoms with E-state index in [1.165, 1.54) is 12.1 Å². The van der Waals surface area contributed by atoms with Crippen LogP contribution in [0.5, 0.6) is 5.75 Å². The molecule has 1 atom stereocenters. The van der Waals surface area contributed by atoms with Crippen molar-refractivity contribution < 1.29 is 14.3 Å². The number of carbonyl (C=O) groups is 1. The summed E-state index contributed by atoms with van der Waals surface area (Å²) in [5.41, 5.74) is 6.02. The number of aromatic hydroxyl groups is 1. The van der Waals surface area contributed by atoms with Gasteiger partial charge in [-0.1, -0.05) is 19.9 Å². The highest BCUT2D eigenvalue weighted by molar-refractivity contribution is 5.94. The van der Waals surface area contributed by atoms with E-state index >= 15 is 0 Å². The van der Waals surface area contributed by atoms with Crippen LogP contribution in [0.15, 0.2) is 30.3 Å². The number of imidazole rings is 1. The molecule has 2 aromatic carbocycles. The second kappa shape index (κ2) is 10.8. The van der Waals surface area contributed by atoms with Gasteiger partial charge < -0.3 is 15.0 Å². The molecule has 2 aromatic heterocycles. The quantitative estimate of drug-likeness (QED) is 0.319. The highest BCUT2D eigenvalue weighted by Crippen LogP contribution is 2.34. The fraction of sp³-hybridized carbons (Fsp3) is 0.469. The molecule has 1 amide bonds. The Morgan fingerprint density at radius 2 is 1.88 bits per heavy atom. The molecule has 1 saturated heterocycles. The van der Waals surface area contributed by atoms with Crippen LogP contribution in [-0.2, 0) is 24.2 Å².